The van der Waals surface area contributed by atoms with Crippen LogP contribution in [0.15, 0.2) is 14.3 Å². The van der Waals surface area contributed by atoms with E-state index in [1.165, 1.54) is 9.13 Å². The van der Waals surface area contributed by atoms with Gasteiger partial charge in [-0.1, -0.05) is 0 Å². The zero-order valence-corrected chi connectivity index (χ0v) is 13.0. The van der Waals surface area contributed by atoms with Gasteiger partial charge in [0.25, 0.3) is 5.56 Å². The molecule has 2 aromatic rings. The van der Waals surface area contributed by atoms with Crippen molar-refractivity contribution in [3.8, 4) is 0 Å². The second-order valence-corrected chi connectivity index (χ2v) is 5.62. The van der Waals surface area contributed by atoms with Crippen molar-refractivity contribution in [2.45, 2.75) is 38.8 Å². The number of hydrogen-bond donors (Lipinski definition) is 2. The number of hydrogen-bond acceptors (Lipinski definition) is 4. The van der Waals surface area contributed by atoms with Crippen molar-refractivity contribution in [1.82, 2.24) is 19.1 Å². The van der Waals surface area contributed by atoms with Gasteiger partial charge in [0.1, 0.15) is 0 Å². The molecule has 1 unspecified atom stereocenters. The van der Waals surface area contributed by atoms with Gasteiger partial charge in [-0.05, 0) is 42.1 Å². The van der Waals surface area contributed by atoms with Crippen LogP contribution in [0.2, 0.25) is 0 Å². The predicted octanol–water partition coefficient (Wildman–Crippen LogP) is 0.737. The highest BCUT2D eigenvalue weighted by Gasteiger charge is 2.14. The second kappa shape index (κ2) is 5.92. The van der Waals surface area contributed by atoms with Gasteiger partial charge < -0.3 is 10.1 Å². The van der Waals surface area contributed by atoms with E-state index in [0.717, 1.165) is 6.42 Å². The second-order valence-electron chi connectivity index (χ2n) is 4.87. The van der Waals surface area contributed by atoms with Crippen LogP contribution in [-0.2, 0) is 13.6 Å². The zero-order valence-electron chi connectivity index (χ0n) is 11.4. The lowest BCUT2D eigenvalue weighted by atomic mass is 10.2. The summed E-state index contributed by atoms with van der Waals surface area (Å²) in [5.41, 5.74) is -0.0847. The van der Waals surface area contributed by atoms with E-state index in [2.05, 4.69) is 25.9 Å². The first-order chi connectivity index (χ1) is 9.41. The summed E-state index contributed by atoms with van der Waals surface area (Å²) in [7, 11) is 1.59. The van der Waals surface area contributed by atoms with Crippen LogP contribution in [0.4, 0.5) is 0 Å². The molecule has 0 fully saturated rings. The number of aromatic nitrogens is 4. The van der Waals surface area contributed by atoms with E-state index < -0.39 is 0 Å². The molecular formula is C12H17BrN4O3. The van der Waals surface area contributed by atoms with Crippen LogP contribution in [0, 0.1) is 0 Å². The molecule has 2 rings (SSSR count). The van der Waals surface area contributed by atoms with Crippen LogP contribution in [0.5, 0.6) is 0 Å². The monoisotopic (exact) mass is 344 g/mol. The summed E-state index contributed by atoms with van der Waals surface area (Å²) in [6.45, 7) is 2.06. The van der Waals surface area contributed by atoms with Crippen LogP contribution < -0.4 is 11.2 Å². The molecule has 0 spiro atoms. The molecule has 20 heavy (non-hydrogen) atoms. The Morgan fingerprint density at radius 2 is 2.10 bits per heavy atom. The van der Waals surface area contributed by atoms with Gasteiger partial charge in [0, 0.05) is 13.6 Å². The average molecular weight is 345 g/mol. The minimum absolute atomic E-state index is 0.314. The standard InChI is InChI=1S/C12H17BrN4O3/c1-7(18)5-3-4-6-17-10(19)8-9(15-11(13)14-8)16(2)12(17)20/h7,18H,3-6H2,1-2H3,(H,14,15). The summed E-state index contributed by atoms with van der Waals surface area (Å²) in [6.07, 6.45) is 1.73. The maximum Gasteiger partial charge on any atom is 0.332 e. The number of aliphatic hydroxyl groups is 1. The fraction of sp³-hybridized carbons (Fsp3) is 0.583. The molecule has 0 aliphatic rings. The van der Waals surface area contributed by atoms with Gasteiger partial charge >= 0.3 is 5.69 Å². The van der Waals surface area contributed by atoms with Crippen molar-refractivity contribution in [2.24, 2.45) is 7.05 Å². The van der Waals surface area contributed by atoms with Crippen LogP contribution >= 0.6 is 15.9 Å². The number of nitrogens with zero attached hydrogens (tertiary/aromatic N) is 3. The van der Waals surface area contributed by atoms with Crippen LogP contribution in [0.3, 0.4) is 0 Å². The summed E-state index contributed by atoms with van der Waals surface area (Å²) >= 11 is 3.16. The third kappa shape index (κ3) is 2.85. The van der Waals surface area contributed by atoms with Crippen LogP contribution in [0.1, 0.15) is 26.2 Å². The Morgan fingerprint density at radius 3 is 2.75 bits per heavy atom. The van der Waals surface area contributed by atoms with E-state index in [0.29, 0.717) is 35.3 Å². The predicted molar refractivity (Wildman–Crippen MR) is 78.8 cm³/mol. The van der Waals surface area contributed by atoms with E-state index in [-0.39, 0.29) is 17.4 Å². The smallest absolute Gasteiger partial charge is 0.332 e. The number of aryl methyl sites for hydroxylation is 1. The number of rotatable bonds is 5. The number of aromatic amines is 1. The molecule has 0 saturated carbocycles. The number of halogens is 1. The molecule has 0 radical (unpaired) electrons. The number of aliphatic hydroxyl groups excluding tert-OH is 1. The highest BCUT2D eigenvalue weighted by molar-refractivity contribution is 9.10. The SMILES string of the molecule is CC(O)CCCCn1c(=O)c2[nH]c(Br)nc2n(C)c1=O. The lowest BCUT2D eigenvalue weighted by molar-refractivity contribution is 0.180. The lowest BCUT2D eigenvalue weighted by Crippen LogP contribution is -2.39. The summed E-state index contributed by atoms with van der Waals surface area (Å²) in [6, 6.07) is 0. The Balaban J connectivity index is 2.34. The lowest BCUT2D eigenvalue weighted by Gasteiger charge is -2.08. The number of fused-ring (bicyclic) bond motifs is 1. The van der Waals surface area contributed by atoms with Crippen molar-refractivity contribution < 1.29 is 5.11 Å². The minimum Gasteiger partial charge on any atom is -0.393 e. The molecule has 0 amide bonds. The quantitative estimate of drug-likeness (QED) is 0.617. The number of H-pyrrole nitrogens is 1. The molecule has 2 heterocycles. The highest BCUT2D eigenvalue weighted by atomic mass is 79.9. The first-order valence-electron chi connectivity index (χ1n) is 6.45. The third-order valence-corrected chi connectivity index (χ3v) is 3.58. The maximum atomic E-state index is 12.3. The molecule has 1 atom stereocenters. The Morgan fingerprint density at radius 1 is 1.40 bits per heavy atom. The van der Waals surface area contributed by atoms with Crippen molar-refractivity contribution >= 4 is 27.1 Å². The molecule has 0 bridgehead atoms. The van der Waals surface area contributed by atoms with Gasteiger partial charge in [0.15, 0.2) is 15.9 Å². The van der Waals surface area contributed by atoms with Crippen molar-refractivity contribution in [3.05, 3.63) is 25.6 Å². The normalized spacial score (nSPS) is 13.0. The first kappa shape index (κ1) is 15.0. The summed E-state index contributed by atoms with van der Waals surface area (Å²) in [5.74, 6) is 0. The minimum atomic E-state index is -0.376. The van der Waals surface area contributed by atoms with Gasteiger partial charge in [-0.25, -0.2) is 9.78 Å². The average Bonchev–Trinajstić information content (AvgIpc) is 2.77. The molecule has 0 aliphatic carbocycles. The maximum absolute atomic E-state index is 12.3. The van der Waals surface area contributed by atoms with E-state index >= 15 is 0 Å². The number of unbranched alkanes of at least 4 members (excludes halogenated alkanes) is 1. The number of imidazole rings is 1. The van der Waals surface area contributed by atoms with E-state index in [1.54, 1.807) is 14.0 Å². The van der Waals surface area contributed by atoms with E-state index in [9.17, 15) is 14.7 Å². The van der Waals surface area contributed by atoms with Gasteiger partial charge in [-0.3, -0.25) is 13.9 Å². The molecule has 2 N–H and O–H groups in total. The Bertz CT molecular complexity index is 729. The molecule has 0 saturated heterocycles. The molecule has 0 aliphatic heterocycles. The Hall–Kier alpha value is -1.41. The summed E-state index contributed by atoms with van der Waals surface area (Å²) in [5, 5.41) is 9.19. The van der Waals surface area contributed by atoms with Crippen LogP contribution in [0.25, 0.3) is 11.2 Å². The molecule has 110 valence electrons. The molecule has 2 aromatic heterocycles. The zero-order chi connectivity index (χ0) is 14.9. The van der Waals surface area contributed by atoms with Crippen molar-refractivity contribution in [2.75, 3.05) is 0 Å². The topological polar surface area (TPSA) is 92.9 Å². The van der Waals surface area contributed by atoms with Gasteiger partial charge in [-0.15, -0.1) is 0 Å². The fourth-order valence-electron chi connectivity index (χ4n) is 2.13. The van der Waals surface area contributed by atoms with Crippen molar-refractivity contribution in [3.63, 3.8) is 0 Å². The third-order valence-electron chi connectivity index (χ3n) is 3.20. The molecule has 7 nitrogen and oxygen atoms in total. The summed E-state index contributed by atoms with van der Waals surface area (Å²) < 4.78 is 2.98. The van der Waals surface area contributed by atoms with Gasteiger partial charge in [-0.2, -0.15) is 0 Å². The fourth-order valence-corrected chi connectivity index (χ4v) is 2.49. The van der Waals surface area contributed by atoms with Crippen molar-refractivity contribution in [1.29, 1.82) is 0 Å². The van der Waals surface area contributed by atoms with Gasteiger partial charge in [0.2, 0.25) is 0 Å². The largest absolute Gasteiger partial charge is 0.393 e. The Labute approximate surface area is 123 Å². The first-order valence-corrected chi connectivity index (χ1v) is 7.24. The van der Waals surface area contributed by atoms with E-state index in [4.69, 9.17) is 0 Å². The summed E-state index contributed by atoms with van der Waals surface area (Å²) in [4.78, 5) is 31.3. The van der Waals surface area contributed by atoms with E-state index in [1.807, 2.05) is 0 Å². The number of nitrogens with one attached hydrogen (secondary N) is 1. The highest BCUT2D eigenvalue weighted by Crippen LogP contribution is 2.09. The van der Waals surface area contributed by atoms with Crippen LogP contribution in [-0.4, -0.2) is 30.3 Å². The molecule has 8 heteroatoms. The van der Waals surface area contributed by atoms with Gasteiger partial charge in [0.05, 0.1) is 6.10 Å². The molecular weight excluding hydrogens is 328 g/mol. The molecule has 0 aromatic carbocycles. The Kier molecular flexibility index (Phi) is 4.44.